The molecule has 4 amide bonds. The van der Waals surface area contributed by atoms with Crippen molar-refractivity contribution in [1.29, 1.82) is 0 Å². The van der Waals surface area contributed by atoms with Crippen molar-refractivity contribution in [2.75, 3.05) is 6.54 Å². The fourth-order valence-electron chi connectivity index (χ4n) is 3.02. The Morgan fingerprint density at radius 1 is 1.10 bits per heavy atom. The largest absolute Gasteiger partial charge is 0.350 e. The van der Waals surface area contributed by atoms with Crippen molar-refractivity contribution in [1.82, 2.24) is 15.5 Å². The van der Waals surface area contributed by atoms with Gasteiger partial charge in [0.2, 0.25) is 5.91 Å². The van der Waals surface area contributed by atoms with E-state index < -0.39 is 17.7 Å². The average Bonchev–Trinajstić information content (AvgIpc) is 3.01. The van der Waals surface area contributed by atoms with Gasteiger partial charge in [-0.2, -0.15) is 0 Å². The normalized spacial score (nSPS) is 14.7. The molecule has 1 aliphatic heterocycles. The van der Waals surface area contributed by atoms with Gasteiger partial charge in [-0.25, -0.2) is 13.6 Å². The first-order valence-electron chi connectivity index (χ1n) is 9.25. The van der Waals surface area contributed by atoms with Gasteiger partial charge in [0.15, 0.2) is 11.6 Å². The molecule has 3 rings (SSSR count). The number of carbonyl (C=O) groups is 3. The van der Waals surface area contributed by atoms with Crippen LogP contribution in [-0.4, -0.2) is 35.3 Å². The van der Waals surface area contributed by atoms with Crippen LogP contribution in [0.1, 0.15) is 34.8 Å². The molecule has 6 nitrogen and oxygen atoms in total. The first-order chi connectivity index (χ1) is 13.8. The monoisotopic (exact) mass is 401 g/mol. The molecular weight excluding hydrogens is 380 g/mol. The Kier molecular flexibility index (Phi) is 6.21. The Balaban J connectivity index is 1.51. The molecule has 29 heavy (non-hydrogen) atoms. The topological polar surface area (TPSA) is 78.5 Å². The van der Waals surface area contributed by atoms with Gasteiger partial charge in [0.25, 0.3) is 5.91 Å². The lowest BCUT2D eigenvalue weighted by molar-refractivity contribution is -0.125. The van der Waals surface area contributed by atoms with Crippen LogP contribution in [0.2, 0.25) is 0 Å². The number of benzene rings is 2. The summed E-state index contributed by atoms with van der Waals surface area (Å²) in [6, 6.07) is 9.84. The highest BCUT2D eigenvalue weighted by Crippen LogP contribution is 2.13. The summed E-state index contributed by atoms with van der Waals surface area (Å²) in [5.74, 6) is -2.31. The Hall–Kier alpha value is -3.29. The summed E-state index contributed by atoms with van der Waals surface area (Å²) in [7, 11) is 0. The average molecular weight is 401 g/mol. The van der Waals surface area contributed by atoms with Crippen LogP contribution in [-0.2, 0) is 17.8 Å². The van der Waals surface area contributed by atoms with Crippen LogP contribution < -0.4 is 10.6 Å². The summed E-state index contributed by atoms with van der Waals surface area (Å²) >= 11 is 0. The van der Waals surface area contributed by atoms with Crippen molar-refractivity contribution >= 4 is 17.8 Å². The van der Waals surface area contributed by atoms with Gasteiger partial charge in [-0.1, -0.05) is 18.2 Å². The molecular formula is C21H21F2N3O3. The van der Waals surface area contributed by atoms with E-state index in [9.17, 15) is 23.2 Å². The van der Waals surface area contributed by atoms with Crippen molar-refractivity contribution in [3.05, 3.63) is 70.8 Å². The maximum Gasteiger partial charge on any atom is 0.324 e. The van der Waals surface area contributed by atoms with E-state index in [0.717, 1.165) is 22.6 Å². The van der Waals surface area contributed by atoms with Crippen LogP contribution in [0.5, 0.6) is 0 Å². The van der Waals surface area contributed by atoms with E-state index >= 15 is 0 Å². The van der Waals surface area contributed by atoms with E-state index in [1.54, 1.807) is 24.3 Å². The van der Waals surface area contributed by atoms with Crippen LogP contribution in [0.15, 0.2) is 42.5 Å². The number of hydrogen-bond acceptors (Lipinski definition) is 3. The van der Waals surface area contributed by atoms with E-state index in [2.05, 4.69) is 10.6 Å². The minimum Gasteiger partial charge on any atom is -0.350 e. The van der Waals surface area contributed by atoms with Crippen LogP contribution in [0, 0.1) is 11.6 Å². The molecule has 1 unspecified atom stereocenters. The molecule has 152 valence electrons. The highest BCUT2D eigenvalue weighted by Gasteiger charge is 2.28. The van der Waals surface area contributed by atoms with Crippen molar-refractivity contribution in [3.8, 4) is 0 Å². The van der Waals surface area contributed by atoms with E-state index in [0.29, 0.717) is 24.0 Å². The molecule has 1 saturated heterocycles. The smallest absolute Gasteiger partial charge is 0.324 e. The van der Waals surface area contributed by atoms with Crippen molar-refractivity contribution in [2.24, 2.45) is 0 Å². The number of rotatable bonds is 7. The number of nitrogens with zero attached hydrogens (tertiary/aromatic N) is 1. The number of nitrogens with one attached hydrogen (secondary N) is 2. The molecule has 0 aliphatic carbocycles. The summed E-state index contributed by atoms with van der Waals surface area (Å²) in [6.45, 7) is 1.99. The number of hydrogen-bond donors (Lipinski definition) is 2. The maximum atomic E-state index is 13.3. The van der Waals surface area contributed by atoms with Gasteiger partial charge in [-0.3, -0.25) is 14.5 Å². The second kappa shape index (κ2) is 8.81. The van der Waals surface area contributed by atoms with Gasteiger partial charge in [0.05, 0.1) is 13.1 Å². The van der Waals surface area contributed by atoms with E-state index in [-0.39, 0.29) is 30.9 Å². The SMILES string of the molecule is CC(CCc1ccc(F)c(F)c1)NC(=O)c1ccc(CN2C(=O)CNC2=O)cc1. The molecule has 0 radical (unpaired) electrons. The predicted molar refractivity (Wildman–Crippen MR) is 102 cm³/mol. The Morgan fingerprint density at radius 3 is 2.41 bits per heavy atom. The molecule has 0 saturated carbocycles. The first-order valence-corrected chi connectivity index (χ1v) is 9.25. The van der Waals surface area contributed by atoms with Crippen molar-refractivity contribution in [2.45, 2.75) is 32.4 Å². The van der Waals surface area contributed by atoms with Gasteiger partial charge in [-0.15, -0.1) is 0 Å². The first kappa shape index (κ1) is 20.4. The summed E-state index contributed by atoms with van der Waals surface area (Å²) < 4.78 is 26.2. The third kappa shape index (κ3) is 5.16. The zero-order chi connectivity index (χ0) is 21.0. The van der Waals surface area contributed by atoms with Gasteiger partial charge in [0, 0.05) is 11.6 Å². The van der Waals surface area contributed by atoms with Gasteiger partial charge < -0.3 is 10.6 Å². The number of amides is 4. The van der Waals surface area contributed by atoms with Crippen LogP contribution in [0.4, 0.5) is 13.6 Å². The van der Waals surface area contributed by atoms with Crippen LogP contribution in [0.25, 0.3) is 0 Å². The van der Waals surface area contributed by atoms with Crippen LogP contribution in [0.3, 0.4) is 0 Å². The highest BCUT2D eigenvalue weighted by molar-refractivity contribution is 6.01. The Bertz CT molecular complexity index is 915. The van der Waals surface area contributed by atoms with Gasteiger partial charge in [0.1, 0.15) is 0 Å². The molecule has 0 aromatic heterocycles. The standard InChI is InChI=1S/C21H21F2N3O3/c1-13(2-3-14-6-9-17(22)18(23)10-14)25-20(28)16-7-4-15(5-8-16)12-26-19(27)11-24-21(26)29/h4-10,13H,2-3,11-12H2,1H3,(H,24,29)(H,25,28). The summed E-state index contributed by atoms with van der Waals surface area (Å²) in [5, 5.41) is 5.32. The number of aryl methyl sites for hydroxylation is 1. The number of imide groups is 1. The summed E-state index contributed by atoms with van der Waals surface area (Å²) in [6.07, 6.45) is 1.07. The van der Waals surface area contributed by atoms with E-state index in [1.165, 1.54) is 6.07 Å². The molecule has 1 aliphatic rings. The summed E-state index contributed by atoms with van der Waals surface area (Å²) in [5.41, 5.74) is 1.85. The molecule has 2 aromatic rings. The molecule has 8 heteroatoms. The maximum absolute atomic E-state index is 13.3. The van der Waals surface area contributed by atoms with Crippen molar-refractivity contribution < 1.29 is 23.2 Å². The van der Waals surface area contributed by atoms with Crippen LogP contribution >= 0.6 is 0 Å². The Morgan fingerprint density at radius 2 is 1.79 bits per heavy atom. The third-order valence-corrected chi connectivity index (χ3v) is 4.72. The molecule has 0 bridgehead atoms. The predicted octanol–water partition coefficient (Wildman–Crippen LogP) is 2.77. The van der Waals surface area contributed by atoms with E-state index in [4.69, 9.17) is 0 Å². The highest BCUT2D eigenvalue weighted by atomic mass is 19.2. The van der Waals surface area contributed by atoms with Gasteiger partial charge >= 0.3 is 6.03 Å². The zero-order valence-electron chi connectivity index (χ0n) is 15.9. The quantitative estimate of drug-likeness (QED) is 0.701. The molecule has 1 heterocycles. The molecule has 0 spiro atoms. The fourth-order valence-corrected chi connectivity index (χ4v) is 3.02. The fraction of sp³-hybridized carbons (Fsp3) is 0.286. The minimum atomic E-state index is -0.882. The molecule has 1 fully saturated rings. The third-order valence-electron chi connectivity index (χ3n) is 4.72. The molecule has 1 atom stereocenters. The summed E-state index contributed by atoms with van der Waals surface area (Å²) in [4.78, 5) is 36.7. The van der Waals surface area contributed by atoms with Gasteiger partial charge in [-0.05, 0) is 55.2 Å². The minimum absolute atomic E-state index is 0.00176. The number of carbonyl (C=O) groups excluding carboxylic acids is 3. The number of urea groups is 1. The second-order valence-corrected chi connectivity index (χ2v) is 7.00. The molecule has 2 N–H and O–H groups in total. The van der Waals surface area contributed by atoms with Crippen molar-refractivity contribution in [3.63, 3.8) is 0 Å². The second-order valence-electron chi connectivity index (χ2n) is 7.00. The number of halogens is 2. The molecule has 2 aromatic carbocycles. The van der Waals surface area contributed by atoms with E-state index in [1.807, 2.05) is 6.92 Å². The zero-order valence-corrected chi connectivity index (χ0v) is 15.9. The lowest BCUT2D eigenvalue weighted by atomic mass is 10.1. The lowest BCUT2D eigenvalue weighted by Crippen LogP contribution is -2.33. The lowest BCUT2D eigenvalue weighted by Gasteiger charge is -2.15. The Labute approximate surface area is 166 Å².